The molecule has 3 aromatic carbocycles. The van der Waals surface area contributed by atoms with Gasteiger partial charge in [0.05, 0.1) is 29.3 Å². The third-order valence-electron chi connectivity index (χ3n) is 5.81. The number of nitrogens with one attached hydrogen (secondary N) is 1. The number of aromatic nitrogens is 2. The van der Waals surface area contributed by atoms with Gasteiger partial charge in [0.25, 0.3) is 5.56 Å². The number of para-hydroxylation sites is 1. The second-order valence-electron chi connectivity index (χ2n) is 8.10. The lowest BCUT2D eigenvalue weighted by Gasteiger charge is -2.20. The van der Waals surface area contributed by atoms with Crippen LogP contribution < -0.4 is 21.3 Å². The monoisotopic (exact) mass is 497 g/mol. The van der Waals surface area contributed by atoms with Crippen molar-refractivity contribution >= 4 is 16.8 Å². The molecule has 0 spiro atoms. The average Bonchev–Trinajstić information content (AvgIpc) is 2.87. The van der Waals surface area contributed by atoms with Crippen LogP contribution in [-0.4, -0.2) is 22.2 Å². The van der Waals surface area contributed by atoms with Crippen molar-refractivity contribution in [1.29, 1.82) is 0 Å². The Morgan fingerprint density at radius 1 is 1.00 bits per heavy atom. The molecule has 1 heterocycles. The second kappa shape index (κ2) is 9.73. The number of methoxy groups -OCH3 is 1. The SMILES string of the molecule is COc1ccc(-n2c(=O)c3ccccc3n(C(C)C(=O)NCc3cccc(C(F)(F)F)c3)c2=O)cc1. The number of hydrogen-bond donors (Lipinski definition) is 1. The minimum atomic E-state index is -4.51. The number of carbonyl (C=O) groups excluding carboxylic acids is 1. The fourth-order valence-electron chi connectivity index (χ4n) is 3.93. The summed E-state index contributed by atoms with van der Waals surface area (Å²) in [4.78, 5) is 39.7. The molecule has 0 radical (unpaired) electrons. The molecule has 0 aliphatic heterocycles. The maximum absolute atomic E-state index is 13.5. The van der Waals surface area contributed by atoms with E-state index in [-0.39, 0.29) is 23.0 Å². The Morgan fingerprint density at radius 3 is 2.36 bits per heavy atom. The highest BCUT2D eigenvalue weighted by Crippen LogP contribution is 2.29. The Morgan fingerprint density at radius 2 is 1.69 bits per heavy atom. The third kappa shape index (κ3) is 4.74. The van der Waals surface area contributed by atoms with Gasteiger partial charge in [0.15, 0.2) is 0 Å². The lowest BCUT2D eigenvalue weighted by molar-refractivity contribution is -0.137. The van der Waals surface area contributed by atoms with Gasteiger partial charge in [0, 0.05) is 6.54 Å². The van der Waals surface area contributed by atoms with Crippen molar-refractivity contribution in [3.05, 3.63) is 105 Å². The summed E-state index contributed by atoms with van der Waals surface area (Å²) < 4.78 is 46.3. The lowest BCUT2D eigenvalue weighted by atomic mass is 10.1. The molecule has 1 N–H and O–H groups in total. The van der Waals surface area contributed by atoms with Gasteiger partial charge in [-0.3, -0.25) is 14.2 Å². The highest BCUT2D eigenvalue weighted by Gasteiger charge is 2.30. The zero-order chi connectivity index (χ0) is 26.0. The van der Waals surface area contributed by atoms with Gasteiger partial charge >= 0.3 is 11.9 Å². The van der Waals surface area contributed by atoms with Gasteiger partial charge in [-0.1, -0.05) is 24.3 Å². The molecule has 10 heteroatoms. The number of benzene rings is 3. The lowest BCUT2D eigenvalue weighted by Crippen LogP contribution is -2.43. The minimum Gasteiger partial charge on any atom is -0.497 e. The van der Waals surface area contributed by atoms with E-state index >= 15 is 0 Å². The topological polar surface area (TPSA) is 82.3 Å². The molecule has 4 rings (SSSR count). The fourth-order valence-corrected chi connectivity index (χ4v) is 3.93. The van der Waals surface area contributed by atoms with Crippen LogP contribution in [0.5, 0.6) is 5.75 Å². The van der Waals surface area contributed by atoms with E-state index in [0.717, 1.165) is 16.7 Å². The number of fused-ring (bicyclic) bond motifs is 1. The van der Waals surface area contributed by atoms with Gasteiger partial charge in [-0.2, -0.15) is 13.2 Å². The highest BCUT2D eigenvalue weighted by atomic mass is 19.4. The number of rotatable bonds is 6. The van der Waals surface area contributed by atoms with Gasteiger partial charge in [-0.15, -0.1) is 0 Å². The van der Waals surface area contributed by atoms with Crippen molar-refractivity contribution in [2.75, 3.05) is 7.11 Å². The molecule has 1 atom stereocenters. The van der Waals surface area contributed by atoms with E-state index in [0.29, 0.717) is 11.4 Å². The summed E-state index contributed by atoms with van der Waals surface area (Å²) in [5.41, 5.74) is -1.29. The quantitative estimate of drug-likeness (QED) is 0.436. The van der Waals surface area contributed by atoms with Crippen LogP contribution in [0.1, 0.15) is 24.1 Å². The molecule has 186 valence electrons. The predicted octanol–water partition coefficient (Wildman–Crippen LogP) is 4.06. The summed E-state index contributed by atoms with van der Waals surface area (Å²) >= 11 is 0. The zero-order valence-electron chi connectivity index (χ0n) is 19.4. The van der Waals surface area contributed by atoms with Crippen LogP contribution in [0.2, 0.25) is 0 Å². The first-order chi connectivity index (χ1) is 17.1. The standard InChI is InChI=1S/C26H22F3N3O4/c1-16(23(33)30-15-17-6-5-7-18(14-17)26(27,28)29)31-22-9-4-3-8-21(22)24(34)32(25(31)35)19-10-12-20(36-2)13-11-19/h3-14,16H,15H2,1-2H3,(H,30,33). The number of amides is 1. The molecule has 0 aliphatic carbocycles. The first kappa shape index (κ1) is 24.8. The van der Waals surface area contributed by atoms with Gasteiger partial charge in [0.1, 0.15) is 11.8 Å². The first-order valence-corrected chi connectivity index (χ1v) is 11.0. The average molecular weight is 497 g/mol. The number of carbonyl (C=O) groups is 1. The van der Waals surface area contributed by atoms with E-state index in [1.165, 1.54) is 30.7 Å². The fraction of sp³-hybridized carbons (Fsp3) is 0.192. The molecule has 7 nitrogen and oxygen atoms in total. The van der Waals surface area contributed by atoms with Crippen LogP contribution in [0.4, 0.5) is 13.2 Å². The number of halogens is 3. The van der Waals surface area contributed by atoms with Crippen LogP contribution in [0.3, 0.4) is 0 Å². The normalized spacial score (nSPS) is 12.4. The van der Waals surface area contributed by atoms with Gasteiger partial charge in [0.2, 0.25) is 5.91 Å². The van der Waals surface area contributed by atoms with Gasteiger partial charge < -0.3 is 10.1 Å². The maximum atomic E-state index is 13.5. The van der Waals surface area contributed by atoms with E-state index in [1.54, 1.807) is 48.5 Å². The summed E-state index contributed by atoms with van der Waals surface area (Å²) in [7, 11) is 1.49. The Labute approximate surface area is 203 Å². The summed E-state index contributed by atoms with van der Waals surface area (Å²) in [6, 6.07) is 16.3. The molecule has 36 heavy (non-hydrogen) atoms. The van der Waals surface area contributed by atoms with Crippen molar-refractivity contribution in [2.24, 2.45) is 0 Å². The van der Waals surface area contributed by atoms with Crippen molar-refractivity contribution < 1.29 is 22.7 Å². The van der Waals surface area contributed by atoms with Crippen molar-refractivity contribution in [3.63, 3.8) is 0 Å². The summed E-state index contributed by atoms with van der Waals surface area (Å²) in [5, 5.41) is 2.81. The first-order valence-electron chi connectivity index (χ1n) is 11.0. The van der Waals surface area contributed by atoms with Gasteiger partial charge in [-0.05, 0) is 61.0 Å². The maximum Gasteiger partial charge on any atom is 0.416 e. The summed E-state index contributed by atoms with van der Waals surface area (Å²) in [5.74, 6) is -0.0603. The molecule has 4 aromatic rings. The molecule has 0 fully saturated rings. The second-order valence-corrected chi connectivity index (χ2v) is 8.10. The van der Waals surface area contributed by atoms with Gasteiger partial charge in [-0.25, -0.2) is 9.36 Å². The molecule has 1 unspecified atom stereocenters. The molecular weight excluding hydrogens is 475 g/mol. The Kier molecular flexibility index (Phi) is 6.69. The summed E-state index contributed by atoms with van der Waals surface area (Å²) in [6.45, 7) is 1.32. The largest absolute Gasteiger partial charge is 0.497 e. The Hall–Kier alpha value is -4.34. The number of nitrogens with zero attached hydrogens (tertiary/aromatic N) is 2. The van der Waals surface area contributed by atoms with Crippen molar-refractivity contribution in [1.82, 2.24) is 14.5 Å². The van der Waals surface area contributed by atoms with Crippen molar-refractivity contribution in [3.8, 4) is 11.4 Å². The van der Waals surface area contributed by atoms with E-state index < -0.39 is 34.9 Å². The zero-order valence-corrected chi connectivity index (χ0v) is 19.4. The smallest absolute Gasteiger partial charge is 0.416 e. The third-order valence-corrected chi connectivity index (χ3v) is 5.81. The Bertz CT molecular complexity index is 1540. The van der Waals surface area contributed by atoms with Crippen LogP contribution in [0, 0.1) is 0 Å². The Balaban J connectivity index is 1.72. The summed E-state index contributed by atoms with van der Waals surface area (Å²) in [6.07, 6.45) is -4.51. The molecule has 0 aliphatic rings. The predicted molar refractivity (Wildman–Crippen MR) is 128 cm³/mol. The molecule has 1 amide bonds. The van der Waals surface area contributed by atoms with E-state index in [4.69, 9.17) is 4.74 Å². The number of alkyl halides is 3. The number of ether oxygens (including phenoxy) is 1. The van der Waals surface area contributed by atoms with E-state index in [2.05, 4.69) is 5.32 Å². The molecule has 1 aromatic heterocycles. The van der Waals surface area contributed by atoms with Crippen LogP contribution >= 0.6 is 0 Å². The molecule has 0 saturated carbocycles. The number of hydrogen-bond acceptors (Lipinski definition) is 4. The molecule has 0 bridgehead atoms. The van der Waals surface area contributed by atoms with Crippen LogP contribution in [0.25, 0.3) is 16.6 Å². The minimum absolute atomic E-state index is 0.169. The van der Waals surface area contributed by atoms with E-state index in [1.807, 2.05) is 0 Å². The molecular formula is C26H22F3N3O4. The van der Waals surface area contributed by atoms with E-state index in [9.17, 15) is 27.6 Å². The van der Waals surface area contributed by atoms with Crippen LogP contribution in [0.15, 0.2) is 82.4 Å². The molecule has 0 saturated heterocycles. The van der Waals surface area contributed by atoms with Crippen LogP contribution in [-0.2, 0) is 17.5 Å². The highest BCUT2D eigenvalue weighted by molar-refractivity contribution is 5.84. The van der Waals surface area contributed by atoms with Crippen molar-refractivity contribution in [2.45, 2.75) is 25.7 Å².